The maximum atomic E-state index is 12.5. The summed E-state index contributed by atoms with van der Waals surface area (Å²) in [6.45, 7) is 0. The third-order valence-electron chi connectivity index (χ3n) is 4.23. The number of amides is 1. The van der Waals surface area contributed by atoms with Gasteiger partial charge in [0.25, 0.3) is 0 Å². The highest BCUT2D eigenvalue weighted by Gasteiger charge is 2.23. The number of nitrogens with one attached hydrogen (secondary N) is 1. The molecule has 152 valence electrons. The van der Waals surface area contributed by atoms with Gasteiger partial charge in [-0.15, -0.1) is 0 Å². The number of methoxy groups -OCH3 is 1. The summed E-state index contributed by atoms with van der Waals surface area (Å²) in [7, 11) is 0.545. The molecule has 3 rings (SSSR count). The summed E-state index contributed by atoms with van der Waals surface area (Å²) >= 11 is 0. The molecule has 0 radical (unpaired) electrons. The molecule has 0 atom stereocenters. The molecule has 1 aromatic heterocycles. The van der Waals surface area contributed by atoms with Crippen LogP contribution in [0.5, 0.6) is 5.75 Å². The van der Waals surface area contributed by atoms with Crippen LogP contribution in [0.3, 0.4) is 0 Å². The summed E-state index contributed by atoms with van der Waals surface area (Å²) in [4.78, 5) is 12.4. The number of carbonyl (C=O) groups is 1. The Morgan fingerprint density at radius 1 is 1.17 bits per heavy atom. The number of hydrogen-bond donors (Lipinski definition) is 1. The normalized spacial score (nSPS) is 11.4. The quantitative estimate of drug-likeness (QED) is 0.640. The van der Waals surface area contributed by atoms with Crippen LogP contribution in [0.4, 0.5) is 5.69 Å². The lowest BCUT2D eigenvalue weighted by molar-refractivity contribution is -0.115. The topological polar surface area (TPSA) is 93.5 Å². The second kappa shape index (κ2) is 8.46. The summed E-state index contributed by atoms with van der Waals surface area (Å²) in [6.07, 6.45) is 3.52. The highest BCUT2D eigenvalue weighted by molar-refractivity contribution is 7.89. The van der Waals surface area contributed by atoms with Crippen LogP contribution in [-0.2, 0) is 21.2 Å². The minimum Gasteiger partial charge on any atom is -0.495 e. The van der Waals surface area contributed by atoms with Crippen LogP contribution >= 0.6 is 0 Å². The van der Waals surface area contributed by atoms with Crippen LogP contribution in [0, 0.1) is 0 Å². The smallest absolute Gasteiger partial charge is 0.246 e. The number of benzene rings is 2. The fourth-order valence-electron chi connectivity index (χ4n) is 2.72. The number of hydrogen-bond acceptors (Lipinski definition) is 5. The molecule has 0 spiro atoms. The van der Waals surface area contributed by atoms with Gasteiger partial charge in [-0.1, -0.05) is 18.2 Å². The second-order valence-electron chi connectivity index (χ2n) is 6.51. The van der Waals surface area contributed by atoms with Crippen LogP contribution in [0.2, 0.25) is 0 Å². The van der Waals surface area contributed by atoms with Crippen LogP contribution in [0.1, 0.15) is 5.56 Å². The van der Waals surface area contributed by atoms with Gasteiger partial charge in [-0.2, -0.15) is 5.10 Å². The lowest BCUT2D eigenvalue weighted by Gasteiger charge is -2.15. The summed E-state index contributed by atoms with van der Waals surface area (Å²) in [6, 6.07) is 14.1. The summed E-state index contributed by atoms with van der Waals surface area (Å²) in [5, 5.41) is 7.00. The number of para-hydroxylation sites is 1. The molecule has 1 amide bonds. The van der Waals surface area contributed by atoms with Crippen LogP contribution in [0.25, 0.3) is 5.69 Å². The second-order valence-corrected chi connectivity index (χ2v) is 8.63. The Hall–Kier alpha value is -3.17. The number of nitrogens with zero attached hydrogens (tertiary/aromatic N) is 3. The Labute approximate surface area is 169 Å². The molecule has 0 aliphatic rings. The van der Waals surface area contributed by atoms with E-state index in [-0.39, 0.29) is 23.0 Å². The first-order valence-corrected chi connectivity index (χ1v) is 10.2. The largest absolute Gasteiger partial charge is 0.495 e. The predicted molar refractivity (Wildman–Crippen MR) is 110 cm³/mol. The van der Waals surface area contributed by atoms with Gasteiger partial charge in [0.15, 0.2) is 0 Å². The van der Waals surface area contributed by atoms with E-state index in [1.54, 1.807) is 23.1 Å². The van der Waals surface area contributed by atoms with Gasteiger partial charge < -0.3 is 10.1 Å². The summed E-state index contributed by atoms with van der Waals surface area (Å²) in [5.41, 5.74) is 2.00. The van der Waals surface area contributed by atoms with Crippen molar-refractivity contribution >= 4 is 21.6 Å². The zero-order chi connectivity index (χ0) is 21.0. The highest BCUT2D eigenvalue weighted by Crippen LogP contribution is 2.28. The molecule has 9 heteroatoms. The van der Waals surface area contributed by atoms with Gasteiger partial charge in [-0.25, -0.2) is 17.4 Å². The van der Waals surface area contributed by atoms with E-state index >= 15 is 0 Å². The van der Waals surface area contributed by atoms with Crippen molar-refractivity contribution in [3.63, 3.8) is 0 Å². The van der Waals surface area contributed by atoms with Gasteiger partial charge in [0.05, 0.1) is 25.4 Å². The Morgan fingerprint density at radius 3 is 2.55 bits per heavy atom. The fourth-order valence-corrected chi connectivity index (χ4v) is 3.79. The third kappa shape index (κ3) is 4.64. The molecule has 0 aliphatic heterocycles. The Bertz CT molecular complexity index is 1110. The van der Waals surface area contributed by atoms with E-state index in [0.717, 1.165) is 15.6 Å². The molecule has 2 aromatic carbocycles. The molecule has 0 bridgehead atoms. The number of sulfonamides is 1. The first kappa shape index (κ1) is 20.6. The summed E-state index contributed by atoms with van der Waals surface area (Å²) in [5.74, 6) is -0.0724. The Kier molecular flexibility index (Phi) is 6.00. The van der Waals surface area contributed by atoms with Gasteiger partial charge in [-0.05, 0) is 35.9 Å². The predicted octanol–water partition coefficient (Wildman–Crippen LogP) is 2.31. The van der Waals surface area contributed by atoms with Crippen molar-refractivity contribution in [3.05, 3.63) is 66.5 Å². The lowest BCUT2D eigenvalue weighted by Crippen LogP contribution is -2.23. The van der Waals surface area contributed by atoms with Crippen molar-refractivity contribution in [3.8, 4) is 11.4 Å². The van der Waals surface area contributed by atoms with E-state index in [1.807, 2.05) is 30.3 Å². The lowest BCUT2D eigenvalue weighted by atomic mass is 10.2. The zero-order valence-electron chi connectivity index (χ0n) is 16.4. The average molecular weight is 414 g/mol. The van der Waals surface area contributed by atoms with E-state index in [4.69, 9.17) is 4.74 Å². The van der Waals surface area contributed by atoms with E-state index < -0.39 is 10.0 Å². The van der Waals surface area contributed by atoms with Crippen LogP contribution < -0.4 is 10.1 Å². The van der Waals surface area contributed by atoms with Gasteiger partial charge in [0, 0.05) is 26.0 Å². The van der Waals surface area contributed by atoms with Gasteiger partial charge in [0.1, 0.15) is 10.6 Å². The van der Waals surface area contributed by atoms with Crippen molar-refractivity contribution in [1.29, 1.82) is 0 Å². The molecule has 8 nitrogen and oxygen atoms in total. The van der Waals surface area contributed by atoms with Gasteiger partial charge in [0.2, 0.25) is 15.9 Å². The SMILES string of the molecule is COc1ccc(NC(=O)Cc2cnn(-c3ccccc3)c2)cc1S(=O)(=O)N(C)C. The molecule has 0 saturated heterocycles. The zero-order valence-corrected chi connectivity index (χ0v) is 17.2. The maximum absolute atomic E-state index is 12.5. The van der Waals surface area contributed by atoms with Gasteiger partial charge in [-0.3, -0.25) is 4.79 Å². The van der Waals surface area contributed by atoms with Crippen LogP contribution in [-0.4, -0.2) is 49.6 Å². The highest BCUT2D eigenvalue weighted by atomic mass is 32.2. The van der Waals surface area contributed by atoms with E-state index in [1.165, 1.54) is 33.3 Å². The van der Waals surface area contributed by atoms with Crippen molar-refractivity contribution in [2.24, 2.45) is 0 Å². The molecule has 1 N–H and O–H groups in total. The molecular weight excluding hydrogens is 392 g/mol. The first-order valence-electron chi connectivity index (χ1n) is 8.80. The standard InChI is InChI=1S/C20H22N4O4S/c1-23(2)29(26,27)19-12-16(9-10-18(19)28-3)22-20(25)11-15-13-21-24(14-15)17-7-5-4-6-8-17/h4-10,12-14H,11H2,1-3H3,(H,22,25). The monoisotopic (exact) mass is 414 g/mol. The third-order valence-corrected chi connectivity index (χ3v) is 6.06. The molecular formula is C20H22N4O4S. The minimum atomic E-state index is -3.72. The Morgan fingerprint density at radius 2 is 1.90 bits per heavy atom. The van der Waals surface area contributed by atoms with Gasteiger partial charge >= 0.3 is 0 Å². The number of rotatable bonds is 7. The van der Waals surface area contributed by atoms with Crippen molar-refractivity contribution in [1.82, 2.24) is 14.1 Å². The number of ether oxygens (including phenoxy) is 1. The fraction of sp³-hybridized carbons (Fsp3) is 0.200. The molecule has 1 heterocycles. The minimum absolute atomic E-state index is 0.0142. The molecule has 0 unspecified atom stereocenters. The number of anilines is 1. The van der Waals surface area contributed by atoms with E-state index in [0.29, 0.717) is 5.69 Å². The maximum Gasteiger partial charge on any atom is 0.246 e. The van der Waals surface area contributed by atoms with E-state index in [9.17, 15) is 13.2 Å². The van der Waals surface area contributed by atoms with Crippen LogP contribution in [0.15, 0.2) is 65.8 Å². The molecule has 0 saturated carbocycles. The molecule has 0 aliphatic carbocycles. The molecule has 29 heavy (non-hydrogen) atoms. The van der Waals surface area contributed by atoms with Crippen molar-refractivity contribution in [2.75, 3.05) is 26.5 Å². The Balaban J connectivity index is 1.75. The molecule has 3 aromatic rings. The van der Waals surface area contributed by atoms with Crippen molar-refractivity contribution in [2.45, 2.75) is 11.3 Å². The average Bonchev–Trinajstić information content (AvgIpc) is 3.16. The van der Waals surface area contributed by atoms with Crippen molar-refractivity contribution < 1.29 is 17.9 Å². The van der Waals surface area contributed by atoms with E-state index in [2.05, 4.69) is 10.4 Å². The number of aromatic nitrogens is 2. The molecule has 0 fully saturated rings. The first-order chi connectivity index (χ1) is 13.8. The number of carbonyl (C=O) groups excluding carboxylic acids is 1. The summed E-state index contributed by atoms with van der Waals surface area (Å²) < 4.78 is 32.9.